The molecule has 68 valence electrons. The monoisotopic (exact) mass is 170 g/mol. The molecule has 0 aliphatic carbocycles. The van der Waals surface area contributed by atoms with Crippen molar-refractivity contribution in [2.24, 2.45) is 0 Å². The second-order valence-corrected chi connectivity index (χ2v) is 3.49. The lowest BCUT2D eigenvalue weighted by atomic mass is 10.0. The molecule has 4 nitrogen and oxygen atoms in total. The molecule has 0 radical (unpaired) electrons. The molecule has 1 aliphatic rings. The van der Waals surface area contributed by atoms with Crippen molar-refractivity contribution in [2.45, 2.75) is 26.3 Å². The number of amides is 2. The fourth-order valence-electron chi connectivity index (χ4n) is 1.34. The summed E-state index contributed by atoms with van der Waals surface area (Å²) in [5.74, 6) is -0.0916. The minimum absolute atomic E-state index is 0.00963. The Hall–Kier alpha value is -1.06. The van der Waals surface area contributed by atoms with Gasteiger partial charge in [0.15, 0.2) is 0 Å². The largest absolute Gasteiger partial charge is 0.341 e. The first-order chi connectivity index (χ1) is 5.47. The average molecular weight is 170 g/mol. The fraction of sp³-hybridized carbons (Fsp3) is 0.750. The van der Waals surface area contributed by atoms with Crippen LogP contribution in [0.1, 0.15) is 20.8 Å². The molecule has 2 amide bonds. The van der Waals surface area contributed by atoms with E-state index in [0.717, 1.165) is 0 Å². The number of nitrogens with one attached hydrogen (secondary N) is 1. The van der Waals surface area contributed by atoms with Crippen molar-refractivity contribution in [1.29, 1.82) is 0 Å². The van der Waals surface area contributed by atoms with Gasteiger partial charge in [0.2, 0.25) is 11.8 Å². The molecule has 1 fully saturated rings. The number of piperazine rings is 1. The Kier molecular flexibility index (Phi) is 2.08. The summed E-state index contributed by atoms with van der Waals surface area (Å²) in [6, 6.07) is 0. The summed E-state index contributed by atoms with van der Waals surface area (Å²) >= 11 is 0. The van der Waals surface area contributed by atoms with Crippen molar-refractivity contribution in [3.8, 4) is 0 Å². The van der Waals surface area contributed by atoms with E-state index in [1.807, 2.05) is 6.92 Å². The summed E-state index contributed by atoms with van der Waals surface area (Å²) in [5, 5.41) is 2.64. The zero-order valence-electron chi connectivity index (χ0n) is 7.68. The van der Waals surface area contributed by atoms with Crippen molar-refractivity contribution in [1.82, 2.24) is 10.2 Å². The summed E-state index contributed by atoms with van der Waals surface area (Å²) in [6.07, 6.45) is 0. The second-order valence-electron chi connectivity index (χ2n) is 3.49. The van der Waals surface area contributed by atoms with Gasteiger partial charge in [0, 0.05) is 6.54 Å². The van der Waals surface area contributed by atoms with E-state index in [9.17, 15) is 9.59 Å². The number of likely N-dealkylation sites (N-methyl/N-ethyl adjacent to an activating group) is 1. The van der Waals surface area contributed by atoms with Gasteiger partial charge in [0.25, 0.3) is 0 Å². The van der Waals surface area contributed by atoms with E-state index in [2.05, 4.69) is 5.32 Å². The van der Waals surface area contributed by atoms with Crippen LogP contribution in [0, 0.1) is 0 Å². The van der Waals surface area contributed by atoms with Crippen LogP contribution in [-0.4, -0.2) is 35.3 Å². The third-order valence-electron chi connectivity index (χ3n) is 1.99. The van der Waals surface area contributed by atoms with Crippen LogP contribution in [0.5, 0.6) is 0 Å². The van der Waals surface area contributed by atoms with Gasteiger partial charge in [-0.3, -0.25) is 9.59 Å². The predicted molar refractivity (Wildman–Crippen MR) is 44.5 cm³/mol. The molecule has 1 heterocycles. The van der Waals surface area contributed by atoms with Crippen LogP contribution in [0.25, 0.3) is 0 Å². The Morgan fingerprint density at radius 1 is 1.50 bits per heavy atom. The van der Waals surface area contributed by atoms with Crippen LogP contribution in [0.3, 0.4) is 0 Å². The van der Waals surface area contributed by atoms with Gasteiger partial charge < -0.3 is 10.2 Å². The highest BCUT2D eigenvalue weighted by atomic mass is 16.2. The zero-order valence-corrected chi connectivity index (χ0v) is 7.68. The molecular weight excluding hydrogens is 156 g/mol. The first-order valence-electron chi connectivity index (χ1n) is 4.07. The Morgan fingerprint density at radius 2 is 2.08 bits per heavy atom. The topological polar surface area (TPSA) is 49.4 Å². The molecule has 0 aromatic heterocycles. The first kappa shape index (κ1) is 9.03. The number of carbonyl (C=O) groups is 2. The van der Waals surface area contributed by atoms with E-state index < -0.39 is 5.54 Å². The highest BCUT2D eigenvalue weighted by Gasteiger charge is 2.37. The van der Waals surface area contributed by atoms with Gasteiger partial charge in [0.05, 0.1) is 6.54 Å². The molecule has 1 aliphatic heterocycles. The molecule has 0 aromatic carbocycles. The van der Waals surface area contributed by atoms with Crippen LogP contribution < -0.4 is 5.32 Å². The molecule has 0 spiro atoms. The molecule has 0 atom stereocenters. The van der Waals surface area contributed by atoms with Gasteiger partial charge in [-0.1, -0.05) is 0 Å². The third kappa shape index (κ3) is 1.42. The van der Waals surface area contributed by atoms with Crippen LogP contribution in [0.2, 0.25) is 0 Å². The number of hydrogen-bond donors (Lipinski definition) is 1. The summed E-state index contributed by atoms with van der Waals surface area (Å²) in [4.78, 5) is 24.2. The zero-order chi connectivity index (χ0) is 9.35. The highest BCUT2D eigenvalue weighted by molar-refractivity contribution is 5.97. The van der Waals surface area contributed by atoms with Gasteiger partial charge in [-0.25, -0.2) is 0 Å². The number of carbonyl (C=O) groups excluding carboxylic acids is 2. The third-order valence-corrected chi connectivity index (χ3v) is 1.99. The molecule has 1 N–H and O–H groups in total. The van der Waals surface area contributed by atoms with E-state index in [-0.39, 0.29) is 18.4 Å². The molecule has 0 bridgehead atoms. The first-order valence-corrected chi connectivity index (χ1v) is 4.07. The molecule has 12 heavy (non-hydrogen) atoms. The lowest BCUT2D eigenvalue weighted by Gasteiger charge is -2.36. The lowest BCUT2D eigenvalue weighted by molar-refractivity contribution is -0.148. The molecule has 1 rings (SSSR count). The molecule has 1 saturated heterocycles. The van der Waals surface area contributed by atoms with Crippen LogP contribution >= 0.6 is 0 Å². The highest BCUT2D eigenvalue weighted by Crippen LogP contribution is 2.12. The van der Waals surface area contributed by atoms with Crippen LogP contribution in [0.4, 0.5) is 0 Å². The average Bonchev–Trinajstić information content (AvgIpc) is 1.96. The predicted octanol–water partition coefficient (Wildman–Crippen LogP) is -0.257. The van der Waals surface area contributed by atoms with E-state index in [4.69, 9.17) is 0 Å². The molecular formula is C8H14N2O2. The van der Waals surface area contributed by atoms with Gasteiger partial charge in [0.1, 0.15) is 5.54 Å². The Labute approximate surface area is 71.9 Å². The normalized spacial score (nSPS) is 22.4. The molecule has 0 aromatic rings. The van der Waals surface area contributed by atoms with Gasteiger partial charge in [-0.15, -0.1) is 0 Å². The quantitative estimate of drug-likeness (QED) is 0.589. The minimum atomic E-state index is -0.731. The van der Waals surface area contributed by atoms with Crippen LogP contribution in [-0.2, 0) is 9.59 Å². The van der Waals surface area contributed by atoms with Crippen molar-refractivity contribution >= 4 is 11.8 Å². The molecule has 4 heteroatoms. The number of nitrogens with zero attached hydrogens (tertiary/aromatic N) is 1. The maximum Gasteiger partial charge on any atom is 0.248 e. The SMILES string of the molecule is CCN1CC(=O)NC(C)(C)C1=O. The maximum absolute atomic E-state index is 11.5. The summed E-state index contributed by atoms with van der Waals surface area (Å²) in [6.45, 7) is 6.09. The Balaban J connectivity index is 2.83. The van der Waals surface area contributed by atoms with E-state index >= 15 is 0 Å². The summed E-state index contributed by atoms with van der Waals surface area (Å²) < 4.78 is 0. The van der Waals surface area contributed by atoms with Crippen LogP contribution in [0.15, 0.2) is 0 Å². The fourth-order valence-corrected chi connectivity index (χ4v) is 1.34. The van der Waals surface area contributed by atoms with Crippen molar-refractivity contribution in [3.05, 3.63) is 0 Å². The van der Waals surface area contributed by atoms with Gasteiger partial charge >= 0.3 is 0 Å². The van der Waals surface area contributed by atoms with Crippen molar-refractivity contribution < 1.29 is 9.59 Å². The lowest BCUT2D eigenvalue weighted by Crippen LogP contribution is -2.63. The van der Waals surface area contributed by atoms with E-state index in [1.165, 1.54) is 0 Å². The smallest absolute Gasteiger partial charge is 0.248 e. The Morgan fingerprint density at radius 3 is 2.58 bits per heavy atom. The van der Waals surface area contributed by atoms with Gasteiger partial charge in [-0.05, 0) is 20.8 Å². The van der Waals surface area contributed by atoms with E-state index in [1.54, 1.807) is 18.7 Å². The number of rotatable bonds is 1. The van der Waals surface area contributed by atoms with E-state index in [0.29, 0.717) is 6.54 Å². The Bertz CT molecular complexity index is 223. The maximum atomic E-state index is 11.5. The summed E-state index contributed by atoms with van der Waals surface area (Å²) in [7, 11) is 0. The standard InChI is InChI=1S/C8H14N2O2/c1-4-10-5-6(11)9-8(2,3)7(10)12/h4-5H2,1-3H3,(H,9,11). The van der Waals surface area contributed by atoms with Gasteiger partial charge in [-0.2, -0.15) is 0 Å². The molecule has 0 saturated carbocycles. The van der Waals surface area contributed by atoms with Crippen molar-refractivity contribution in [2.75, 3.05) is 13.1 Å². The second kappa shape index (κ2) is 2.77. The summed E-state index contributed by atoms with van der Waals surface area (Å²) in [5.41, 5.74) is -0.731. The minimum Gasteiger partial charge on any atom is -0.341 e. The molecule has 0 unspecified atom stereocenters. The number of hydrogen-bond acceptors (Lipinski definition) is 2. The van der Waals surface area contributed by atoms with Crippen molar-refractivity contribution in [3.63, 3.8) is 0 Å².